The van der Waals surface area contributed by atoms with Crippen molar-refractivity contribution in [1.29, 1.82) is 0 Å². The number of nitrogens with zero attached hydrogens (tertiary/aromatic N) is 3. The monoisotopic (exact) mass is 435 g/mol. The third-order valence-corrected chi connectivity index (χ3v) is 6.50. The van der Waals surface area contributed by atoms with Crippen LogP contribution in [-0.4, -0.2) is 9.55 Å². The molecule has 7 rings (SSSR count). The van der Waals surface area contributed by atoms with Crippen LogP contribution >= 0.6 is 0 Å². The smallest absolute Gasteiger partial charge is 0.188 e. The highest BCUT2D eigenvalue weighted by molar-refractivity contribution is 6.09. The Labute approximate surface area is 195 Å². The zero-order valence-corrected chi connectivity index (χ0v) is 18.1. The van der Waals surface area contributed by atoms with Crippen molar-refractivity contribution >= 4 is 49.4 Å². The Hall–Kier alpha value is -4.88. The summed E-state index contributed by atoms with van der Waals surface area (Å²) >= 11 is 0. The second-order valence-corrected chi connectivity index (χ2v) is 8.40. The van der Waals surface area contributed by atoms with Crippen molar-refractivity contribution in [3.05, 3.63) is 115 Å². The van der Waals surface area contributed by atoms with Crippen LogP contribution in [0.15, 0.2) is 108 Å². The van der Waals surface area contributed by atoms with Crippen LogP contribution in [0.3, 0.4) is 0 Å². The van der Waals surface area contributed by atoms with Crippen LogP contribution in [0.1, 0.15) is 0 Å². The number of pyridine rings is 1. The molecule has 34 heavy (non-hydrogen) atoms. The van der Waals surface area contributed by atoms with E-state index in [1.807, 2.05) is 30.6 Å². The fraction of sp³-hybridized carbons (Fsp3) is 0. The van der Waals surface area contributed by atoms with Crippen LogP contribution in [0.5, 0.6) is 0 Å². The molecule has 0 saturated heterocycles. The van der Waals surface area contributed by atoms with Gasteiger partial charge in [0.25, 0.3) is 0 Å². The molecular weight excluding hydrogens is 418 g/mol. The third kappa shape index (κ3) is 2.68. The highest BCUT2D eigenvalue weighted by Gasteiger charge is 2.13. The predicted octanol–water partition coefficient (Wildman–Crippen LogP) is 8.30. The summed E-state index contributed by atoms with van der Waals surface area (Å²) in [6, 6.07) is 30.9. The summed E-state index contributed by atoms with van der Waals surface area (Å²) in [5.74, 6) is 0. The van der Waals surface area contributed by atoms with Crippen molar-refractivity contribution in [2.75, 3.05) is 0 Å². The lowest BCUT2D eigenvalue weighted by Gasteiger charge is -2.10. The predicted molar refractivity (Wildman–Crippen MR) is 138 cm³/mol. The second-order valence-electron chi connectivity index (χ2n) is 8.40. The molecule has 4 nitrogen and oxygen atoms in total. The molecule has 0 unspecified atom stereocenters. The second kappa shape index (κ2) is 7.06. The summed E-state index contributed by atoms with van der Waals surface area (Å²) < 4.78 is 8.28. The average molecular weight is 435 g/mol. The van der Waals surface area contributed by atoms with Crippen molar-refractivity contribution in [3.8, 4) is 16.8 Å². The van der Waals surface area contributed by atoms with Crippen LogP contribution in [0.2, 0.25) is 0 Å². The highest BCUT2D eigenvalue weighted by Crippen LogP contribution is 2.36. The Morgan fingerprint density at radius 1 is 0.676 bits per heavy atom. The third-order valence-electron chi connectivity index (χ3n) is 6.50. The lowest BCUT2D eigenvalue weighted by Crippen LogP contribution is -1.94. The maximum absolute atomic E-state index is 7.35. The molecule has 0 aliphatic rings. The van der Waals surface area contributed by atoms with Gasteiger partial charge in [-0.3, -0.25) is 4.98 Å². The molecule has 0 amide bonds. The van der Waals surface area contributed by atoms with Crippen molar-refractivity contribution in [2.45, 2.75) is 0 Å². The summed E-state index contributed by atoms with van der Waals surface area (Å²) in [5, 5.41) is 4.39. The van der Waals surface area contributed by atoms with Gasteiger partial charge in [0, 0.05) is 33.4 Å². The first-order chi connectivity index (χ1) is 16.8. The van der Waals surface area contributed by atoms with E-state index in [4.69, 9.17) is 11.0 Å². The van der Waals surface area contributed by atoms with Crippen molar-refractivity contribution < 1.29 is 4.42 Å². The van der Waals surface area contributed by atoms with E-state index in [1.165, 1.54) is 10.8 Å². The Balaban J connectivity index is 1.44. The van der Waals surface area contributed by atoms with E-state index in [2.05, 4.69) is 81.1 Å². The van der Waals surface area contributed by atoms with Gasteiger partial charge in [0.05, 0.1) is 23.8 Å². The van der Waals surface area contributed by atoms with Crippen molar-refractivity contribution in [1.82, 2.24) is 9.55 Å². The van der Waals surface area contributed by atoms with Gasteiger partial charge < -0.3 is 8.98 Å². The number of furan rings is 1. The topological polar surface area (TPSA) is 35.3 Å². The first-order valence-corrected chi connectivity index (χ1v) is 11.1. The molecule has 158 valence electrons. The van der Waals surface area contributed by atoms with Crippen LogP contribution in [0.4, 0.5) is 5.69 Å². The van der Waals surface area contributed by atoms with E-state index in [0.717, 1.165) is 49.8 Å². The summed E-state index contributed by atoms with van der Waals surface area (Å²) in [7, 11) is 0. The zero-order chi connectivity index (χ0) is 22.6. The fourth-order valence-electron chi connectivity index (χ4n) is 4.94. The molecule has 0 radical (unpaired) electrons. The van der Waals surface area contributed by atoms with E-state index in [0.29, 0.717) is 5.69 Å². The van der Waals surface area contributed by atoms with Gasteiger partial charge >= 0.3 is 0 Å². The standard InChI is InChI=1S/C30H17N3O/c1-31-21-10-12-30-26(17-21)25-16-20(9-11-29(25)34-30)19-5-4-6-22(15-19)33-27-8-3-2-7-23(27)24-13-14-32-18-28(24)33/h2-18H. The van der Waals surface area contributed by atoms with Crippen molar-refractivity contribution in [3.63, 3.8) is 0 Å². The lowest BCUT2D eigenvalue weighted by molar-refractivity contribution is 0.669. The molecule has 0 fully saturated rings. The van der Waals surface area contributed by atoms with Gasteiger partial charge in [0.15, 0.2) is 5.69 Å². The Kier molecular flexibility index (Phi) is 3.88. The molecule has 0 bridgehead atoms. The molecule has 0 saturated carbocycles. The minimum absolute atomic E-state index is 0.613. The number of hydrogen-bond donors (Lipinski definition) is 0. The van der Waals surface area contributed by atoms with Gasteiger partial charge in [-0.2, -0.15) is 0 Å². The quantitative estimate of drug-likeness (QED) is 0.256. The summed E-state index contributed by atoms with van der Waals surface area (Å²) in [6.07, 6.45) is 3.78. The van der Waals surface area contributed by atoms with E-state index in [1.54, 1.807) is 6.07 Å². The van der Waals surface area contributed by atoms with Gasteiger partial charge in [-0.05, 0) is 59.7 Å². The largest absolute Gasteiger partial charge is 0.456 e. The first kappa shape index (κ1) is 18.7. The molecule has 0 spiro atoms. The molecule has 0 atom stereocenters. The number of fused-ring (bicyclic) bond motifs is 6. The molecule has 3 heterocycles. The Bertz CT molecular complexity index is 1880. The zero-order valence-electron chi connectivity index (χ0n) is 18.1. The molecule has 0 aliphatic carbocycles. The minimum Gasteiger partial charge on any atom is -0.456 e. The molecular formula is C30H17N3O. The van der Waals surface area contributed by atoms with E-state index in [-0.39, 0.29) is 0 Å². The van der Waals surface area contributed by atoms with Gasteiger partial charge in [-0.1, -0.05) is 42.5 Å². The van der Waals surface area contributed by atoms with Crippen molar-refractivity contribution in [2.24, 2.45) is 0 Å². The lowest BCUT2D eigenvalue weighted by atomic mass is 10.0. The number of rotatable bonds is 2. The fourth-order valence-corrected chi connectivity index (χ4v) is 4.94. The molecule has 7 aromatic rings. The maximum atomic E-state index is 7.35. The number of para-hydroxylation sites is 1. The molecule has 4 aromatic carbocycles. The number of benzene rings is 4. The highest BCUT2D eigenvalue weighted by atomic mass is 16.3. The molecule has 3 aromatic heterocycles. The summed E-state index contributed by atoms with van der Waals surface area (Å²) in [4.78, 5) is 7.97. The van der Waals surface area contributed by atoms with Gasteiger partial charge in [-0.25, -0.2) is 4.85 Å². The van der Waals surface area contributed by atoms with Crippen LogP contribution in [0.25, 0.3) is 65.4 Å². The first-order valence-electron chi connectivity index (χ1n) is 11.1. The van der Waals surface area contributed by atoms with E-state index >= 15 is 0 Å². The number of aromatic nitrogens is 2. The van der Waals surface area contributed by atoms with Crippen LogP contribution < -0.4 is 0 Å². The molecule has 0 aliphatic heterocycles. The van der Waals surface area contributed by atoms with E-state index in [9.17, 15) is 0 Å². The molecule has 4 heteroatoms. The number of hydrogen-bond acceptors (Lipinski definition) is 2. The Morgan fingerprint density at radius 2 is 1.47 bits per heavy atom. The SMILES string of the molecule is [C-]#[N+]c1ccc2oc3ccc(-c4cccc(-n5c6ccccc6c6ccncc65)c4)cc3c2c1. The van der Waals surface area contributed by atoms with Crippen LogP contribution in [0, 0.1) is 6.57 Å². The minimum atomic E-state index is 0.613. The van der Waals surface area contributed by atoms with Gasteiger partial charge in [0.1, 0.15) is 11.2 Å². The Morgan fingerprint density at radius 3 is 2.38 bits per heavy atom. The summed E-state index contributed by atoms with van der Waals surface area (Å²) in [6.45, 7) is 7.35. The van der Waals surface area contributed by atoms with E-state index < -0.39 is 0 Å². The van der Waals surface area contributed by atoms with Gasteiger partial charge in [0.2, 0.25) is 0 Å². The van der Waals surface area contributed by atoms with Gasteiger partial charge in [-0.15, -0.1) is 0 Å². The molecule has 0 N–H and O–H groups in total. The average Bonchev–Trinajstić information content (AvgIpc) is 3.43. The van der Waals surface area contributed by atoms with Crippen LogP contribution in [-0.2, 0) is 0 Å². The summed E-state index contributed by atoms with van der Waals surface area (Å²) in [5.41, 5.74) is 7.78. The maximum Gasteiger partial charge on any atom is 0.188 e. The normalized spacial score (nSPS) is 11.5.